The lowest BCUT2D eigenvalue weighted by Gasteiger charge is -2.19. The van der Waals surface area contributed by atoms with Crippen LogP contribution in [0.4, 0.5) is 0 Å². The maximum absolute atomic E-state index is 8.94. The van der Waals surface area contributed by atoms with Crippen molar-refractivity contribution in [3.05, 3.63) is 0 Å². The van der Waals surface area contributed by atoms with Crippen molar-refractivity contribution in [2.75, 3.05) is 26.2 Å². The van der Waals surface area contributed by atoms with Crippen molar-refractivity contribution in [2.45, 2.75) is 32.7 Å². The summed E-state index contributed by atoms with van der Waals surface area (Å²) in [6, 6.07) is 2.34. The molecule has 2 atom stereocenters. The number of nitriles is 1. The van der Waals surface area contributed by atoms with Crippen molar-refractivity contribution in [3.63, 3.8) is 0 Å². The summed E-state index contributed by atoms with van der Waals surface area (Å²) in [4.78, 5) is 2.39. The highest BCUT2D eigenvalue weighted by molar-refractivity contribution is 4.93. The fraction of sp³-hybridized carbons (Fsp3) is 0.909. The van der Waals surface area contributed by atoms with Gasteiger partial charge in [0.25, 0.3) is 0 Å². The van der Waals surface area contributed by atoms with Gasteiger partial charge in [-0.1, -0.05) is 13.8 Å². The minimum Gasteiger partial charge on any atom is -0.301 e. The Labute approximate surface area is 87.1 Å². The van der Waals surface area contributed by atoms with Gasteiger partial charge < -0.3 is 10.2 Å². The number of hydrogen-bond donors (Lipinski definition) is 1. The Morgan fingerprint density at radius 1 is 1.64 bits per heavy atom. The molecule has 0 saturated carbocycles. The Morgan fingerprint density at radius 3 is 2.93 bits per heavy atom. The number of rotatable bonds is 5. The molecule has 0 aliphatic carbocycles. The molecule has 80 valence electrons. The van der Waals surface area contributed by atoms with Crippen molar-refractivity contribution in [2.24, 2.45) is 5.92 Å². The average Bonchev–Trinajstić information content (AvgIpc) is 2.58. The van der Waals surface area contributed by atoms with E-state index in [9.17, 15) is 0 Å². The van der Waals surface area contributed by atoms with Crippen LogP contribution in [-0.2, 0) is 0 Å². The van der Waals surface area contributed by atoms with Crippen molar-refractivity contribution in [1.29, 1.82) is 5.26 Å². The largest absolute Gasteiger partial charge is 0.301 e. The van der Waals surface area contributed by atoms with Gasteiger partial charge in [-0.15, -0.1) is 0 Å². The first kappa shape index (κ1) is 11.5. The van der Waals surface area contributed by atoms with E-state index in [1.165, 1.54) is 6.42 Å². The molecule has 2 unspecified atom stereocenters. The fourth-order valence-corrected chi connectivity index (χ4v) is 1.92. The summed E-state index contributed by atoms with van der Waals surface area (Å²) >= 11 is 0. The molecule has 1 aliphatic heterocycles. The molecule has 0 bridgehead atoms. The molecular weight excluding hydrogens is 174 g/mol. The van der Waals surface area contributed by atoms with Gasteiger partial charge in [0.1, 0.15) is 6.04 Å². The van der Waals surface area contributed by atoms with E-state index in [0.29, 0.717) is 0 Å². The minimum atomic E-state index is 0.0141. The van der Waals surface area contributed by atoms with E-state index in [2.05, 4.69) is 30.1 Å². The van der Waals surface area contributed by atoms with Gasteiger partial charge in [0, 0.05) is 13.1 Å². The van der Waals surface area contributed by atoms with Gasteiger partial charge in [-0.25, -0.2) is 0 Å². The number of nitrogens with one attached hydrogen (secondary N) is 1. The number of likely N-dealkylation sites (tertiary alicyclic amines) is 1. The molecule has 1 saturated heterocycles. The molecule has 1 rings (SSSR count). The molecule has 1 N–H and O–H groups in total. The van der Waals surface area contributed by atoms with Crippen LogP contribution in [0.25, 0.3) is 0 Å². The normalized spacial score (nSPS) is 24.8. The second-order valence-electron chi connectivity index (χ2n) is 4.29. The summed E-state index contributed by atoms with van der Waals surface area (Å²) in [6.45, 7) is 8.56. The predicted octanol–water partition coefficient (Wildman–Crippen LogP) is 1.22. The van der Waals surface area contributed by atoms with Gasteiger partial charge in [-0.05, 0) is 31.8 Å². The van der Waals surface area contributed by atoms with Gasteiger partial charge in [-0.3, -0.25) is 0 Å². The van der Waals surface area contributed by atoms with Crippen LogP contribution >= 0.6 is 0 Å². The smallest absolute Gasteiger partial charge is 0.108 e. The molecular formula is C11H21N3. The molecule has 1 fully saturated rings. The van der Waals surface area contributed by atoms with Crippen LogP contribution in [0.5, 0.6) is 0 Å². The quantitative estimate of drug-likeness (QED) is 0.717. The highest BCUT2D eigenvalue weighted by Gasteiger charge is 2.21. The monoisotopic (exact) mass is 195 g/mol. The molecule has 14 heavy (non-hydrogen) atoms. The molecule has 0 spiro atoms. The van der Waals surface area contributed by atoms with Crippen LogP contribution in [0, 0.1) is 17.2 Å². The second kappa shape index (κ2) is 6.00. The maximum atomic E-state index is 8.94. The van der Waals surface area contributed by atoms with E-state index >= 15 is 0 Å². The van der Waals surface area contributed by atoms with Gasteiger partial charge >= 0.3 is 0 Å². The van der Waals surface area contributed by atoms with Crippen LogP contribution in [0.1, 0.15) is 26.7 Å². The van der Waals surface area contributed by atoms with Crippen LogP contribution in [0.2, 0.25) is 0 Å². The second-order valence-corrected chi connectivity index (χ2v) is 4.29. The van der Waals surface area contributed by atoms with E-state index < -0.39 is 0 Å². The van der Waals surface area contributed by atoms with E-state index in [-0.39, 0.29) is 6.04 Å². The standard InChI is InChI=1S/C11H21N3/c1-3-5-13-11(7-12)9-14-6-4-10(2)8-14/h10-11,13H,3-6,8-9H2,1-2H3. The molecule has 3 nitrogen and oxygen atoms in total. The molecule has 0 radical (unpaired) electrons. The Kier molecular flexibility index (Phi) is 4.92. The van der Waals surface area contributed by atoms with Gasteiger partial charge in [-0.2, -0.15) is 5.26 Å². The third kappa shape index (κ3) is 3.65. The molecule has 1 heterocycles. The van der Waals surface area contributed by atoms with Crippen molar-refractivity contribution >= 4 is 0 Å². The molecule has 3 heteroatoms. The number of hydrogen-bond acceptors (Lipinski definition) is 3. The third-order valence-corrected chi connectivity index (χ3v) is 2.75. The Balaban J connectivity index is 2.23. The summed E-state index contributed by atoms with van der Waals surface area (Å²) in [6.07, 6.45) is 2.38. The molecule has 0 aromatic carbocycles. The van der Waals surface area contributed by atoms with E-state index in [1.807, 2.05) is 0 Å². The minimum absolute atomic E-state index is 0.0141. The van der Waals surface area contributed by atoms with Crippen molar-refractivity contribution < 1.29 is 0 Å². The van der Waals surface area contributed by atoms with Crippen LogP contribution in [0.15, 0.2) is 0 Å². The Morgan fingerprint density at radius 2 is 2.43 bits per heavy atom. The lowest BCUT2D eigenvalue weighted by Crippen LogP contribution is -2.39. The van der Waals surface area contributed by atoms with Gasteiger partial charge in [0.2, 0.25) is 0 Å². The lowest BCUT2D eigenvalue weighted by molar-refractivity contribution is 0.305. The Hall–Kier alpha value is -0.590. The fourth-order valence-electron chi connectivity index (χ4n) is 1.92. The molecule has 0 aromatic heterocycles. The molecule has 0 aromatic rings. The number of nitrogens with zero attached hydrogens (tertiary/aromatic N) is 2. The van der Waals surface area contributed by atoms with Crippen LogP contribution in [-0.4, -0.2) is 37.1 Å². The zero-order chi connectivity index (χ0) is 10.4. The average molecular weight is 195 g/mol. The highest BCUT2D eigenvalue weighted by atomic mass is 15.2. The molecule has 1 aliphatic rings. The third-order valence-electron chi connectivity index (χ3n) is 2.75. The first-order valence-electron chi connectivity index (χ1n) is 5.61. The lowest BCUT2D eigenvalue weighted by atomic mass is 10.2. The summed E-state index contributed by atoms with van der Waals surface area (Å²) in [5.74, 6) is 0.806. The molecule has 0 amide bonds. The summed E-state index contributed by atoms with van der Waals surface area (Å²) in [7, 11) is 0. The SMILES string of the molecule is CCCNC(C#N)CN1CCC(C)C1. The Bertz CT molecular complexity index is 197. The van der Waals surface area contributed by atoms with Crippen LogP contribution < -0.4 is 5.32 Å². The van der Waals surface area contributed by atoms with E-state index in [4.69, 9.17) is 5.26 Å². The van der Waals surface area contributed by atoms with Gasteiger partial charge in [0.05, 0.1) is 6.07 Å². The van der Waals surface area contributed by atoms with Gasteiger partial charge in [0.15, 0.2) is 0 Å². The van der Waals surface area contributed by atoms with Crippen molar-refractivity contribution in [1.82, 2.24) is 10.2 Å². The first-order chi connectivity index (χ1) is 6.76. The summed E-state index contributed by atoms with van der Waals surface area (Å²) in [5, 5.41) is 12.2. The summed E-state index contributed by atoms with van der Waals surface area (Å²) < 4.78 is 0. The zero-order valence-electron chi connectivity index (χ0n) is 9.29. The van der Waals surface area contributed by atoms with Crippen molar-refractivity contribution in [3.8, 4) is 6.07 Å². The van der Waals surface area contributed by atoms with E-state index in [1.54, 1.807) is 0 Å². The first-order valence-corrected chi connectivity index (χ1v) is 5.61. The zero-order valence-corrected chi connectivity index (χ0v) is 9.29. The predicted molar refractivity (Wildman–Crippen MR) is 57.9 cm³/mol. The van der Waals surface area contributed by atoms with E-state index in [0.717, 1.165) is 38.5 Å². The van der Waals surface area contributed by atoms with Crippen LogP contribution in [0.3, 0.4) is 0 Å². The summed E-state index contributed by atoms with van der Waals surface area (Å²) in [5.41, 5.74) is 0. The topological polar surface area (TPSA) is 39.1 Å². The highest BCUT2D eigenvalue weighted by Crippen LogP contribution is 2.14. The maximum Gasteiger partial charge on any atom is 0.108 e.